The fourth-order valence-electron chi connectivity index (χ4n) is 5.34. The second kappa shape index (κ2) is 9.46. The topological polar surface area (TPSA) is 105 Å². The highest BCUT2D eigenvalue weighted by Gasteiger charge is 2.40. The van der Waals surface area contributed by atoms with E-state index in [4.69, 9.17) is 9.47 Å². The number of alkyl carbamates (subject to hydrolysis) is 1. The number of carbonyl (C=O) groups is 3. The second-order valence-electron chi connectivity index (χ2n) is 9.18. The van der Waals surface area contributed by atoms with Crippen molar-refractivity contribution in [2.24, 2.45) is 11.8 Å². The minimum Gasteiger partial charge on any atom is -0.481 e. The molecule has 2 aromatic rings. The van der Waals surface area contributed by atoms with Crippen molar-refractivity contribution < 1.29 is 29.0 Å². The number of aliphatic carboxylic acids is 1. The van der Waals surface area contributed by atoms with Gasteiger partial charge in [-0.1, -0.05) is 48.5 Å². The Morgan fingerprint density at radius 1 is 1.03 bits per heavy atom. The Hall–Kier alpha value is -3.39. The SMILES string of the molecule is O=C(NC1COCC1C(=O)N1CCC[C@H](C(=O)O)C1)OCC1c2ccccc2-c2ccccc21. The molecule has 2 heterocycles. The molecule has 2 aromatic carbocycles. The van der Waals surface area contributed by atoms with Crippen LogP contribution in [0.5, 0.6) is 0 Å². The smallest absolute Gasteiger partial charge is 0.407 e. The Labute approximate surface area is 197 Å². The molecule has 34 heavy (non-hydrogen) atoms. The van der Waals surface area contributed by atoms with Crippen LogP contribution in [0.25, 0.3) is 11.1 Å². The van der Waals surface area contributed by atoms with E-state index in [-0.39, 0.29) is 38.2 Å². The highest BCUT2D eigenvalue weighted by atomic mass is 16.5. The van der Waals surface area contributed by atoms with E-state index in [0.29, 0.717) is 19.4 Å². The van der Waals surface area contributed by atoms with Gasteiger partial charge in [-0.2, -0.15) is 0 Å². The molecule has 1 aliphatic carbocycles. The van der Waals surface area contributed by atoms with Crippen molar-refractivity contribution in [3.05, 3.63) is 59.7 Å². The van der Waals surface area contributed by atoms with Crippen molar-refractivity contribution in [3.63, 3.8) is 0 Å². The van der Waals surface area contributed by atoms with Crippen LogP contribution in [0.4, 0.5) is 4.79 Å². The van der Waals surface area contributed by atoms with Gasteiger partial charge in [0.2, 0.25) is 5.91 Å². The molecule has 5 rings (SSSR count). The number of ether oxygens (including phenoxy) is 2. The zero-order valence-corrected chi connectivity index (χ0v) is 18.8. The molecule has 2 N–H and O–H groups in total. The van der Waals surface area contributed by atoms with E-state index >= 15 is 0 Å². The van der Waals surface area contributed by atoms with Crippen molar-refractivity contribution in [2.45, 2.75) is 24.8 Å². The molecule has 178 valence electrons. The maximum Gasteiger partial charge on any atom is 0.407 e. The Balaban J connectivity index is 1.20. The average molecular weight is 465 g/mol. The average Bonchev–Trinajstić information content (AvgIpc) is 3.44. The summed E-state index contributed by atoms with van der Waals surface area (Å²) >= 11 is 0. The highest BCUT2D eigenvalue weighted by Crippen LogP contribution is 2.44. The van der Waals surface area contributed by atoms with Crippen LogP contribution in [0, 0.1) is 11.8 Å². The van der Waals surface area contributed by atoms with Crippen molar-refractivity contribution in [3.8, 4) is 11.1 Å². The van der Waals surface area contributed by atoms with Crippen LogP contribution in [0.3, 0.4) is 0 Å². The van der Waals surface area contributed by atoms with Gasteiger partial charge in [-0.05, 0) is 35.1 Å². The zero-order valence-electron chi connectivity index (χ0n) is 18.8. The minimum absolute atomic E-state index is 0.0447. The maximum atomic E-state index is 13.1. The summed E-state index contributed by atoms with van der Waals surface area (Å²) in [6.45, 7) is 1.33. The van der Waals surface area contributed by atoms with Gasteiger partial charge < -0.3 is 24.8 Å². The Bertz CT molecular complexity index is 1060. The molecule has 0 saturated carbocycles. The molecule has 3 aliphatic rings. The Morgan fingerprint density at radius 3 is 2.38 bits per heavy atom. The molecule has 8 nitrogen and oxygen atoms in total. The van der Waals surface area contributed by atoms with E-state index in [1.54, 1.807) is 4.90 Å². The van der Waals surface area contributed by atoms with Crippen LogP contribution in [0.2, 0.25) is 0 Å². The molecular weight excluding hydrogens is 436 g/mol. The van der Waals surface area contributed by atoms with Crippen molar-refractivity contribution in [1.82, 2.24) is 10.2 Å². The monoisotopic (exact) mass is 464 g/mol. The number of carboxylic acid groups (broad SMARTS) is 1. The van der Waals surface area contributed by atoms with E-state index < -0.39 is 29.9 Å². The predicted molar refractivity (Wildman–Crippen MR) is 123 cm³/mol. The van der Waals surface area contributed by atoms with Crippen molar-refractivity contribution >= 4 is 18.0 Å². The number of nitrogens with one attached hydrogen (secondary N) is 1. The van der Waals surface area contributed by atoms with E-state index in [0.717, 1.165) is 22.3 Å². The molecule has 2 amide bonds. The van der Waals surface area contributed by atoms with Crippen LogP contribution in [-0.2, 0) is 19.1 Å². The fraction of sp³-hybridized carbons (Fsp3) is 0.423. The quantitative estimate of drug-likeness (QED) is 0.705. The number of likely N-dealkylation sites (tertiary alicyclic amines) is 1. The summed E-state index contributed by atoms with van der Waals surface area (Å²) in [6.07, 6.45) is 0.639. The van der Waals surface area contributed by atoms with Crippen LogP contribution in [0.1, 0.15) is 29.9 Å². The lowest BCUT2D eigenvalue weighted by Crippen LogP contribution is -2.50. The number of fused-ring (bicyclic) bond motifs is 3. The van der Waals surface area contributed by atoms with E-state index in [1.165, 1.54) is 0 Å². The third kappa shape index (κ3) is 4.25. The first-order valence-corrected chi connectivity index (χ1v) is 11.7. The summed E-state index contributed by atoms with van der Waals surface area (Å²) in [6, 6.07) is 15.7. The van der Waals surface area contributed by atoms with Crippen LogP contribution in [-0.4, -0.2) is 66.9 Å². The van der Waals surface area contributed by atoms with Crippen LogP contribution >= 0.6 is 0 Å². The number of rotatable bonds is 5. The molecule has 2 unspecified atom stereocenters. The number of benzene rings is 2. The number of carbonyl (C=O) groups excluding carboxylic acids is 2. The van der Waals surface area contributed by atoms with Gasteiger partial charge in [0, 0.05) is 19.0 Å². The molecule has 0 bridgehead atoms. The number of hydrogen-bond acceptors (Lipinski definition) is 5. The largest absolute Gasteiger partial charge is 0.481 e. The Morgan fingerprint density at radius 2 is 1.71 bits per heavy atom. The Kier molecular flexibility index (Phi) is 6.24. The summed E-state index contributed by atoms with van der Waals surface area (Å²) in [5.74, 6) is -2.20. The van der Waals surface area contributed by atoms with E-state index in [2.05, 4.69) is 29.6 Å². The predicted octanol–water partition coefficient (Wildman–Crippen LogP) is 2.86. The lowest BCUT2D eigenvalue weighted by atomic mass is 9.95. The third-order valence-electron chi connectivity index (χ3n) is 7.13. The third-order valence-corrected chi connectivity index (χ3v) is 7.13. The molecule has 0 spiro atoms. The molecule has 2 saturated heterocycles. The number of amides is 2. The highest BCUT2D eigenvalue weighted by molar-refractivity contribution is 5.82. The molecule has 3 atom stereocenters. The summed E-state index contributed by atoms with van der Waals surface area (Å²) < 4.78 is 11.1. The number of carboxylic acids is 1. The van der Waals surface area contributed by atoms with Gasteiger partial charge in [0.05, 0.1) is 31.1 Å². The molecule has 0 aromatic heterocycles. The summed E-state index contributed by atoms with van der Waals surface area (Å²) in [4.78, 5) is 38.7. The first-order valence-electron chi connectivity index (χ1n) is 11.7. The van der Waals surface area contributed by atoms with Crippen LogP contribution in [0.15, 0.2) is 48.5 Å². The minimum atomic E-state index is -0.881. The standard InChI is InChI=1S/C26H28N2O6/c29-24(28-11-5-6-16(12-28)25(30)31)22-13-33-15-23(22)27-26(32)34-14-21-19-9-3-1-7-17(19)18-8-2-4-10-20(18)21/h1-4,7-10,16,21-23H,5-6,11-15H2,(H,27,32)(H,30,31)/t16-,22?,23?/m0/s1. The first kappa shape index (κ1) is 22.4. The molecular formula is C26H28N2O6. The van der Waals surface area contributed by atoms with Gasteiger partial charge in [-0.25, -0.2) is 4.79 Å². The summed E-state index contributed by atoms with van der Waals surface area (Å²) in [5, 5.41) is 12.1. The zero-order chi connectivity index (χ0) is 23.7. The van der Waals surface area contributed by atoms with E-state index in [1.807, 2.05) is 24.3 Å². The molecule has 0 radical (unpaired) electrons. The van der Waals surface area contributed by atoms with Crippen molar-refractivity contribution in [1.29, 1.82) is 0 Å². The maximum absolute atomic E-state index is 13.1. The van der Waals surface area contributed by atoms with Gasteiger partial charge in [0.1, 0.15) is 6.61 Å². The number of nitrogens with zero attached hydrogens (tertiary/aromatic N) is 1. The van der Waals surface area contributed by atoms with Gasteiger partial charge in [-0.3, -0.25) is 9.59 Å². The summed E-state index contributed by atoms with van der Waals surface area (Å²) in [5.41, 5.74) is 4.57. The van der Waals surface area contributed by atoms with Gasteiger partial charge in [-0.15, -0.1) is 0 Å². The second-order valence-corrected chi connectivity index (χ2v) is 9.18. The normalized spacial score (nSPS) is 23.8. The molecule has 2 fully saturated rings. The number of piperidine rings is 1. The lowest BCUT2D eigenvalue weighted by Gasteiger charge is -2.33. The summed E-state index contributed by atoms with van der Waals surface area (Å²) in [7, 11) is 0. The van der Waals surface area contributed by atoms with Crippen molar-refractivity contribution in [2.75, 3.05) is 32.9 Å². The van der Waals surface area contributed by atoms with Gasteiger partial charge in [0.25, 0.3) is 0 Å². The first-order chi connectivity index (χ1) is 16.5. The van der Waals surface area contributed by atoms with Crippen LogP contribution < -0.4 is 5.32 Å². The van der Waals surface area contributed by atoms with Gasteiger partial charge in [0.15, 0.2) is 0 Å². The fourth-order valence-corrected chi connectivity index (χ4v) is 5.34. The number of hydrogen-bond donors (Lipinski definition) is 2. The van der Waals surface area contributed by atoms with E-state index in [9.17, 15) is 19.5 Å². The lowest BCUT2D eigenvalue weighted by molar-refractivity contribution is -0.146. The van der Waals surface area contributed by atoms with Gasteiger partial charge >= 0.3 is 12.1 Å². The molecule has 8 heteroatoms. The molecule has 2 aliphatic heterocycles.